The molecule has 0 spiro atoms. The van der Waals surface area contributed by atoms with Gasteiger partial charge in [0, 0.05) is 17.8 Å². The van der Waals surface area contributed by atoms with E-state index < -0.39 is 0 Å². The third kappa shape index (κ3) is 4.57. The summed E-state index contributed by atoms with van der Waals surface area (Å²) in [4.78, 5) is 16.0. The maximum absolute atomic E-state index is 11.7. The second-order valence-electron chi connectivity index (χ2n) is 6.02. The molecule has 0 saturated heterocycles. The van der Waals surface area contributed by atoms with Gasteiger partial charge in [-0.1, -0.05) is 36.4 Å². The van der Waals surface area contributed by atoms with Gasteiger partial charge >= 0.3 is 5.97 Å². The second-order valence-corrected chi connectivity index (χ2v) is 6.02. The largest absolute Gasteiger partial charge is 0.497 e. The molecule has 0 radical (unpaired) electrons. The molecular formula is C23H21NO4. The van der Waals surface area contributed by atoms with E-state index in [1.807, 2.05) is 54.6 Å². The van der Waals surface area contributed by atoms with Gasteiger partial charge in [0.2, 0.25) is 0 Å². The first-order valence-corrected chi connectivity index (χ1v) is 8.69. The molecule has 28 heavy (non-hydrogen) atoms. The van der Waals surface area contributed by atoms with E-state index in [2.05, 4.69) is 4.98 Å². The number of pyridine rings is 1. The molecule has 0 aliphatic carbocycles. The first kappa shape index (κ1) is 19.2. The van der Waals surface area contributed by atoms with E-state index in [4.69, 9.17) is 14.2 Å². The summed E-state index contributed by atoms with van der Waals surface area (Å²) in [6.07, 6.45) is 5.61. The zero-order chi connectivity index (χ0) is 19.9. The number of esters is 1. The number of hydrogen-bond acceptors (Lipinski definition) is 5. The standard InChI is InChI=1S/C23H21NO4/c1-26-20-12-17(13-21(15-20)27-2)5-4-16-6-8-18(9-7-16)22-14-19(10-11-24-22)23(25)28-3/h4-15H,1-3H3. The molecule has 0 fully saturated rings. The smallest absolute Gasteiger partial charge is 0.337 e. The van der Waals surface area contributed by atoms with Gasteiger partial charge in [0.15, 0.2) is 0 Å². The normalized spacial score (nSPS) is 10.7. The van der Waals surface area contributed by atoms with Crippen LogP contribution in [0.3, 0.4) is 0 Å². The van der Waals surface area contributed by atoms with Gasteiger partial charge in [0.1, 0.15) is 11.5 Å². The predicted octanol–water partition coefficient (Wildman–Crippen LogP) is 4.72. The van der Waals surface area contributed by atoms with Crippen LogP contribution in [0.1, 0.15) is 21.5 Å². The van der Waals surface area contributed by atoms with Crippen molar-refractivity contribution < 1.29 is 19.0 Å². The summed E-state index contributed by atoms with van der Waals surface area (Å²) in [7, 11) is 4.62. The SMILES string of the molecule is COC(=O)c1ccnc(-c2ccc(C=Cc3cc(OC)cc(OC)c3)cc2)c1. The summed E-state index contributed by atoms with van der Waals surface area (Å²) in [5.41, 5.74) is 4.13. The van der Waals surface area contributed by atoms with Gasteiger partial charge in [0.25, 0.3) is 0 Å². The number of rotatable bonds is 6. The quantitative estimate of drug-likeness (QED) is 0.461. The molecule has 0 amide bonds. The fourth-order valence-electron chi connectivity index (χ4n) is 2.72. The van der Waals surface area contributed by atoms with E-state index in [0.717, 1.165) is 33.9 Å². The van der Waals surface area contributed by atoms with Crippen molar-refractivity contribution in [1.82, 2.24) is 4.98 Å². The summed E-state index contributed by atoms with van der Waals surface area (Å²) < 4.78 is 15.3. The summed E-state index contributed by atoms with van der Waals surface area (Å²) in [5, 5.41) is 0. The third-order valence-corrected chi connectivity index (χ3v) is 4.23. The highest BCUT2D eigenvalue weighted by Gasteiger charge is 2.07. The van der Waals surface area contributed by atoms with Crippen molar-refractivity contribution in [3.05, 3.63) is 77.5 Å². The van der Waals surface area contributed by atoms with E-state index in [-0.39, 0.29) is 5.97 Å². The number of nitrogens with zero attached hydrogens (tertiary/aromatic N) is 1. The molecule has 5 nitrogen and oxygen atoms in total. The van der Waals surface area contributed by atoms with Crippen LogP contribution < -0.4 is 9.47 Å². The van der Waals surface area contributed by atoms with E-state index in [0.29, 0.717) is 5.56 Å². The maximum atomic E-state index is 11.7. The molecule has 1 heterocycles. The fourth-order valence-corrected chi connectivity index (χ4v) is 2.72. The topological polar surface area (TPSA) is 57.7 Å². The molecule has 3 rings (SSSR count). The van der Waals surface area contributed by atoms with Gasteiger partial charge in [0.05, 0.1) is 32.6 Å². The summed E-state index contributed by atoms with van der Waals surface area (Å²) in [5.74, 6) is 1.11. The molecule has 1 aromatic heterocycles. The molecule has 0 aliphatic rings. The Bertz CT molecular complexity index is 971. The first-order valence-electron chi connectivity index (χ1n) is 8.69. The molecule has 5 heteroatoms. The summed E-state index contributed by atoms with van der Waals surface area (Å²) in [6, 6.07) is 17.0. The summed E-state index contributed by atoms with van der Waals surface area (Å²) in [6.45, 7) is 0. The first-order chi connectivity index (χ1) is 13.6. The number of carbonyl (C=O) groups is 1. The predicted molar refractivity (Wildman–Crippen MR) is 109 cm³/mol. The Morgan fingerprint density at radius 3 is 2.07 bits per heavy atom. The van der Waals surface area contributed by atoms with Crippen LogP contribution >= 0.6 is 0 Å². The average molecular weight is 375 g/mol. The van der Waals surface area contributed by atoms with Crippen LogP contribution in [-0.2, 0) is 4.74 Å². The highest BCUT2D eigenvalue weighted by molar-refractivity contribution is 5.90. The minimum absolute atomic E-state index is 0.378. The zero-order valence-corrected chi connectivity index (χ0v) is 16.0. The fraction of sp³-hybridized carbons (Fsp3) is 0.130. The number of methoxy groups -OCH3 is 3. The highest BCUT2D eigenvalue weighted by atomic mass is 16.5. The maximum Gasteiger partial charge on any atom is 0.337 e. The van der Waals surface area contributed by atoms with Crippen LogP contribution in [-0.4, -0.2) is 32.3 Å². The Hall–Kier alpha value is -3.60. The monoisotopic (exact) mass is 375 g/mol. The Kier molecular flexibility index (Phi) is 6.07. The van der Waals surface area contributed by atoms with Crippen molar-refractivity contribution in [1.29, 1.82) is 0 Å². The van der Waals surface area contributed by atoms with Crippen molar-refractivity contribution in [2.24, 2.45) is 0 Å². The molecule has 2 aromatic carbocycles. The van der Waals surface area contributed by atoms with Crippen LogP contribution in [0.15, 0.2) is 60.8 Å². The molecule has 0 saturated carbocycles. The van der Waals surface area contributed by atoms with Crippen LogP contribution in [0.4, 0.5) is 0 Å². The van der Waals surface area contributed by atoms with E-state index in [1.54, 1.807) is 32.5 Å². The number of aromatic nitrogens is 1. The number of ether oxygens (including phenoxy) is 3. The van der Waals surface area contributed by atoms with Crippen molar-refractivity contribution in [2.75, 3.05) is 21.3 Å². The number of hydrogen-bond donors (Lipinski definition) is 0. The summed E-state index contributed by atoms with van der Waals surface area (Å²) >= 11 is 0. The minimum atomic E-state index is -0.378. The Morgan fingerprint density at radius 2 is 1.46 bits per heavy atom. The van der Waals surface area contributed by atoms with E-state index in [1.165, 1.54) is 7.11 Å². The zero-order valence-electron chi connectivity index (χ0n) is 16.0. The lowest BCUT2D eigenvalue weighted by molar-refractivity contribution is 0.0600. The van der Waals surface area contributed by atoms with Gasteiger partial charge in [-0.3, -0.25) is 4.98 Å². The molecule has 0 N–H and O–H groups in total. The van der Waals surface area contributed by atoms with Crippen molar-refractivity contribution in [3.8, 4) is 22.8 Å². The molecule has 142 valence electrons. The lowest BCUT2D eigenvalue weighted by Crippen LogP contribution is -2.01. The van der Waals surface area contributed by atoms with Crippen LogP contribution in [0.25, 0.3) is 23.4 Å². The van der Waals surface area contributed by atoms with Gasteiger partial charge in [-0.25, -0.2) is 4.79 Å². The van der Waals surface area contributed by atoms with Crippen LogP contribution in [0, 0.1) is 0 Å². The average Bonchev–Trinajstić information content (AvgIpc) is 2.77. The highest BCUT2D eigenvalue weighted by Crippen LogP contribution is 2.24. The van der Waals surface area contributed by atoms with Crippen molar-refractivity contribution in [3.63, 3.8) is 0 Å². The Morgan fingerprint density at radius 1 is 0.821 bits per heavy atom. The van der Waals surface area contributed by atoms with Gasteiger partial charge in [-0.05, 0) is 35.4 Å². The van der Waals surface area contributed by atoms with Gasteiger partial charge in [-0.2, -0.15) is 0 Å². The second kappa shape index (κ2) is 8.86. The van der Waals surface area contributed by atoms with Crippen molar-refractivity contribution >= 4 is 18.1 Å². The molecule has 0 aliphatic heterocycles. The molecule has 0 atom stereocenters. The van der Waals surface area contributed by atoms with Gasteiger partial charge < -0.3 is 14.2 Å². The molecule has 0 unspecified atom stereocenters. The Balaban J connectivity index is 1.80. The van der Waals surface area contributed by atoms with E-state index in [9.17, 15) is 4.79 Å². The number of carbonyl (C=O) groups excluding carboxylic acids is 1. The molecular weight excluding hydrogens is 354 g/mol. The third-order valence-electron chi connectivity index (χ3n) is 4.23. The molecule has 0 bridgehead atoms. The lowest BCUT2D eigenvalue weighted by atomic mass is 10.1. The lowest BCUT2D eigenvalue weighted by Gasteiger charge is -2.06. The minimum Gasteiger partial charge on any atom is -0.497 e. The van der Waals surface area contributed by atoms with Crippen LogP contribution in [0.5, 0.6) is 11.5 Å². The van der Waals surface area contributed by atoms with E-state index >= 15 is 0 Å². The van der Waals surface area contributed by atoms with Crippen molar-refractivity contribution in [2.45, 2.75) is 0 Å². The van der Waals surface area contributed by atoms with Gasteiger partial charge in [-0.15, -0.1) is 0 Å². The Labute approximate surface area is 164 Å². The molecule has 3 aromatic rings. The van der Waals surface area contributed by atoms with Crippen LogP contribution in [0.2, 0.25) is 0 Å². The number of benzene rings is 2.